The average molecular weight is 234 g/mol. The Labute approximate surface area is 105 Å². The molecule has 0 radical (unpaired) electrons. The van der Waals surface area contributed by atoms with Gasteiger partial charge >= 0.3 is 0 Å². The van der Waals surface area contributed by atoms with Gasteiger partial charge in [0.15, 0.2) is 0 Å². The van der Waals surface area contributed by atoms with Gasteiger partial charge in [-0.15, -0.1) is 0 Å². The Kier molecular flexibility index (Phi) is 3.39. The summed E-state index contributed by atoms with van der Waals surface area (Å²) in [6, 6.07) is 0. The Hall–Kier alpha value is -0.530. The van der Waals surface area contributed by atoms with Crippen molar-refractivity contribution < 1.29 is 0 Å². The van der Waals surface area contributed by atoms with Crippen LogP contribution in [0, 0.1) is 11.3 Å². The molecule has 0 spiro atoms. The normalized spacial score (nSPS) is 29.8. The van der Waals surface area contributed by atoms with E-state index in [4.69, 9.17) is 4.99 Å². The molecule has 17 heavy (non-hydrogen) atoms. The van der Waals surface area contributed by atoms with E-state index in [1.54, 1.807) is 0 Å². The number of hydrogen-bond acceptors (Lipinski definition) is 2. The third-order valence-corrected chi connectivity index (χ3v) is 5.25. The number of rotatable bonds is 2. The van der Waals surface area contributed by atoms with Gasteiger partial charge in [-0.2, -0.15) is 0 Å². The van der Waals surface area contributed by atoms with Gasteiger partial charge in [-0.05, 0) is 44.4 Å². The summed E-state index contributed by atoms with van der Waals surface area (Å²) in [7, 11) is 0. The summed E-state index contributed by atoms with van der Waals surface area (Å²) in [6.45, 7) is 2.23. The minimum atomic E-state index is 0.473. The minimum Gasteiger partial charge on any atom is -0.373 e. The third-order valence-electron chi connectivity index (χ3n) is 5.25. The minimum absolute atomic E-state index is 0.473. The van der Waals surface area contributed by atoms with E-state index in [9.17, 15) is 0 Å². The van der Waals surface area contributed by atoms with Crippen molar-refractivity contribution in [3.8, 4) is 0 Å². The monoisotopic (exact) mass is 234 g/mol. The van der Waals surface area contributed by atoms with E-state index in [0.29, 0.717) is 5.41 Å². The summed E-state index contributed by atoms with van der Waals surface area (Å²) in [5.74, 6) is 2.36. The van der Waals surface area contributed by atoms with E-state index >= 15 is 0 Å². The summed E-state index contributed by atoms with van der Waals surface area (Å²) in [4.78, 5) is 4.93. The van der Waals surface area contributed by atoms with E-state index < -0.39 is 0 Å². The highest BCUT2D eigenvalue weighted by Crippen LogP contribution is 2.51. The molecule has 2 saturated carbocycles. The van der Waals surface area contributed by atoms with Crippen LogP contribution in [0.3, 0.4) is 0 Å². The summed E-state index contributed by atoms with van der Waals surface area (Å²) in [5, 5.41) is 3.69. The van der Waals surface area contributed by atoms with Crippen molar-refractivity contribution in [1.82, 2.24) is 5.32 Å². The first-order valence-electron chi connectivity index (χ1n) is 7.71. The van der Waals surface area contributed by atoms with Crippen molar-refractivity contribution in [3.63, 3.8) is 0 Å². The highest BCUT2D eigenvalue weighted by Gasteiger charge is 2.46. The molecule has 0 unspecified atom stereocenters. The molecule has 0 atom stereocenters. The molecular weight excluding hydrogens is 208 g/mol. The molecule has 0 aromatic heterocycles. The van der Waals surface area contributed by atoms with Crippen molar-refractivity contribution in [2.24, 2.45) is 16.3 Å². The lowest BCUT2D eigenvalue weighted by atomic mass is 9.71. The standard InChI is InChI=1S/C15H26N2/c1-2-8-13(7-1)15(9-3-4-10-15)14-16-11-5-6-12-17-14/h13H,1-12H2,(H,16,17). The topological polar surface area (TPSA) is 24.4 Å². The quantitative estimate of drug-likeness (QED) is 0.776. The summed E-state index contributed by atoms with van der Waals surface area (Å²) < 4.78 is 0. The van der Waals surface area contributed by atoms with E-state index in [1.165, 1.54) is 70.0 Å². The van der Waals surface area contributed by atoms with Crippen molar-refractivity contribution in [2.75, 3.05) is 13.1 Å². The predicted molar refractivity (Wildman–Crippen MR) is 72.4 cm³/mol. The van der Waals surface area contributed by atoms with E-state index in [-0.39, 0.29) is 0 Å². The maximum Gasteiger partial charge on any atom is 0.103 e. The Morgan fingerprint density at radius 1 is 0.941 bits per heavy atom. The first-order chi connectivity index (χ1) is 8.42. The fourth-order valence-corrected chi connectivity index (χ4v) is 4.35. The van der Waals surface area contributed by atoms with Crippen molar-refractivity contribution in [3.05, 3.63) is 0 Å². The van der Waals surface area contributed by atoms with Crippen LogP contribution in [-0.4, -0.2) is 18.9 Å². The van der Waals surface area contributed by atoms with Crippen LogP contribution in [0.4, 0.5) is 0 Å². The Morgan fingerprint density at radius 3 is 2.47 bits per heavy atom. The predicted octanol–water partition coefficient (Wildman–Crippen LogP) is 3.52. The molecule has 2 fully saturated rings. The van der Waals surface area contributed by atoms with E-state index in [2.05, 4.69) is 5.32 Å². The molecule has 0 saturated heterocycles. The van der Waals surface area contributed by atoms with Gasteiger partial charge in [0.05, 0.1) is 0 Å². The lowest BCUT2D eigenvalue weighted by Crippen LogP contribution is -2.43. The van der Waals surface area contributed by atoms with E-state index in [1.807, 2.05) is 0 Å². The van der Waals surface area contributed by atoms with Crippen molar-refractivity contribution in [1.29, 1.82) is 0 Å². The lowest BCUT2D eigenvalue weighted by Gasteiger charge is -2.37. The number of nitrogens with zero attached hydrogens (tertiary/aromatic N) is 1. The van der Waals surface area contributed by atoms with Crippen LogP contribution in [0.2, 0.25) is 0 Å². The van der Waals surface area contributed by atoms with Gasteiger partial charge in [0.1, 0.15) is 5.84 Å². The number of nitrogens with one attached hydrogen (secondary N) is 1. The van der Waals surface area contributed by atoms with Gasteiger partial charge in [0.25, 0.3) is 0 Å². The SMILES string of the molecule is C1CCNC(C2(C3CCCC3)CCCC2)=NC1. The molecule has 0 aromatic carbocycles. The maximum absolute atomic E-state index is 4.93. The first kappa shape index (κ1) is 11.6. The molecule has 0 aromatic rings. The molecule has 1 heterocycles. The smallest absolute Gasteiger partial charge is 0.103 e. The number of hydrogen-bond donors (Lipinski definition) is 1. The molecule has 96 valence electrons. The summed E-state index contributed by atoms with van der Waals surface area (Å²) >= 11 is 0. The largest absolute Gasteiger partial charge is 0.373 e. The molecule has 3 rings (SSSR count). The fraction of sp³-hybridized carbons (Fsp3) is 0.933. The molecule has 2 heteroatoms. The molecule has 2 aliphatic carbocycles. The molecule has 0 bridgehead atoms. The van der Waals surface area contributed by atoms with Gasteiger partial charge < -0.3 is 5.32 Å². The van der Waals surface area contributed by atoms with Gasteiger partial charge in [0, 0.05) is 18.5 Å². The highest BCUT2D eigenvalue weighted by atomic mass is 15.0. The molecule has 1 N–H and O–H groups in total. The van der Waals surface area contributed by atoms with Crippen LogP contribution in [0.1, 0.15) is 64.2 Å². The molecule has 3 aliphatic rings. The lowest BCUT2D eigenvalue weighted by molar-refractivity contribution is 0.260. The second-order valence-corrected chi connectivity index (χ2v) is 6.21. The summed E-state index contributed by atoms with van der Waals surface area (Å²) in [5.41, 5.74) is 0.473. The first-order valence-corrected chi connectivity index (χ1v) is 7.71. The van der Waals surface area contributed by atoms with Gasteiger partial charge in [-0.25, -0.2) is 0 Å². The van der Waals surface area contributed by atoms with Gasteiger partial charge in [-0.3, -0.25) is 4.99 Å². The zero-order chi connectivity index (χ0) is 11.6. The van der Waals surface area contributed by atoms with Crippen LogP contribution in [-0.2, 0) is 0 Å². The van der Waals surface area contributed by atoms with Crippen LogP contribution < -0.4 is 5.32 Å². The highest BCUT2D eigenvalue weighted by molar-refractivity contribution is 5.89. The maximum atomic E-state index is 4.93. The van der Waals surface area contributed by atoms with Gasteiger partial charge in [0.2, 0.25) is 0 Å². The third kappa shape index (κ3) is 2.11. The molecular formula is C15H26N2. The fourth-order valence-electron chi connectivity index (χ4n) is 4.35. The second-order valence-electron chi connectivity index (χ2n) is 6.21. The average Bonchev–Trinajstić information content (AvgIpc) is 2.96. The van der Waals surface area contributed by atoms with Crippen LogP contribution in [0.25, 0.3) is 0 Å². The number of amidine groups is 1. The Balaban J connectivity index is 1.84. The number of aliphatic imine (C=N–C) groups is 1. The van der Waals surface area contributed by atoms with Crippen molar-refractivity contribution in [2.45, 2.75) is 64.2 Å². The van der Waals surface area contributed by atoms with Crippen LogP contribution >= 0.6 is 0 Å². The van der Waals surface area contributed by atoms with E-state index in [0.717, 1.165) is 19.0 Å². The second kappa shape index (κ2) is 4.99. The molecule has 2 nitrogen and oxygen atoms in total. The Bertz CT molecular complexity index is 283. The molecule has 1 aliphatic heterocycles. The van der Waals surface area contributed by atoms with Crippen LogP contribution in [0.5, 0.6) is 0 Å². The summed E-state index contributed by atoms with van der Waals surface area (Å²) in [6.07, 6.45) is 14.1. The Morgan fingerprint density at radius 2 is 1.71 bits per heavy atom. The zero-order valence-electron chi connectivity index (χ0n) is 11.0. The molecule has 0 amide bonds. The van der Waals surface area contributed by atoms with Crippen LogP contribution in [0.15, 0.2) is 4.99 Å². The van der Waals surface area contributed by atoms with Gasteiger partial charge in [-0.1, -0.05) is 25.7 Å². The zero-order valence-corrected chi connectivity index (χ0v) is 11.0. The van der Waals surface area contributed by atoms with Crippen molar-refractivity contribution >= 4 is 5.84 Å².